The summed E-state index contributed by atoms with van der Waals surface area (Å²) >= 11 is 0. The Labute approximate surface area is 158 Å². The molecule has 27 heavy (non-hydrogen) atoms. The fraction of sp³-hybridized carbons (Fsp3) is 0.0741. The molecule has 0 spiro atoms. The number of fused-ring (bicyclic) bond motifs is 5. The molecule has 0 amide bonds. The molecule has 1 atom stereocenters. The highest BCUT2D eigenvalue weighted by Gasteiger charge is 2.40. The number of benzene rings is 4. The molecule has 4 aromatic rings. The third kappa shape index (κ3) is 1.69. The van der Waals surface area contributed by atoms with Crippen LogP contribution in [0.2, 0.25) is 0 Å². The number of rotatable bonds is 0. The van der Waals surface area contributed by atoms with Crippen LogP contribution in [0.4, 0.5) is 0 Å². The van der Waals surface area contributed by atoms with Crippen LogP contribution in [0.3, 0.4) is 0 Å². The smallest absolute Gasteiger partial charge is 0.0359 e. The summed E-state index contributed by atoms with van der Waals surface area (Å²) in [5.74, 6) is 2.01. The maximum Gasteiger partial charge on any atom is 0.0359 e. The molecule has 0 bridgehead atoms. The second-order valence-corrected chi connectivity index (χ2v) is 7.94. The molecule has 0 heteroatoms. The summed E-state index contributed by atoms with van der Waals surface area (Å²) in [6, 6.07) is 27.0. The number of hydrogen-bond donors (Lipinski definition) is 0. The molecule has 1 unspecified atom stereocenters. The molecule has 0 N–H and O–H groups in total. The molecule has 0 aliphatic heterocycles. The second-order valence-electron chi connectivity index (χ2n) is 7.94. The zero-order chi connectivity index (χ0) is 17.5. The molecule has 0 heterocycles. The quantitative estimate of drug-likeness (QED) is 0.326. The minimum atomic E-state index is 0.481. The van der Waals surface area contributed by atoms with Crippen molar-refractivity contribution in [2.75, 3.05) is 0 Å². The van der Waals surface area contributed by atoms with Gasteiger partial charge in [0.05, 0.1) is 0 Å². The topological polar surface area (TPSA) is 0 Å². The summed E-state index contributed by atoms with van der Waals surface area (Å²) in [6.07, 6.45) is 6.00. The van der Waals surface area contributed by atoms with E-state index < -0.39 is 0 Å². The molecule has 1 saturated carbocycles. The van der Waals surface area contributed by atoms with Gasteiger partial charge in [-0.25, -0.2) is 0 Å². The average Bonchev–Trinajstić information content (AvgIpc) is 3.08. The van der Waals surface area contributed by atoms with E-state index in [1.165, 1.54) is 60.9 Å². The van der Waals surface area contributed by atoms with E-state index in [0.717, 1.165) is 6.42 Å². The normalized spacial score (nSPS) is 19.6. The van der Waals surface area contributed by atoms with Crippen LogP contribution in [0.25, 0.3) is 33.7 Å². The summed E-state index contributed by atoms with van der Waals surface area (Å²) < 4.78 is 0. The average molecular weight is 341 g/mol. The molecule has 0 saturated heterocycles. The van der Waals surface area contributed by atoms with E-state index >= 15 is 0 Å². The molecule has 0 nitrogen and oxygen atoms in total. The van der Waals surface area contributed by atoms with E-state index in [-0.39, 0.29) is 0 Å². The lowest BCUT2D eigenvalue weighted by Crippen LogP contribution is -2.04. The SMILES string of the molecule is C1=C2[C](CC3C2=Cc2cccc4cccc3c24)c2cccc3cccc1c23. The standard InChI is InChI=1S/C27H17/c1-5-16-7-3-11-20-24-15-25-21-12-4-8-17-6-2-10-19(27(17)21)14-23(25)22(24)13-18(9-1)26(16)20/h1-14,24H,15H2. The van der Waals surface area contributed by atoms with Crippen molar-refractivity contribution in [2.24, 2.45) is 0 Å². The number of hydrogen-bond acceptors (Lipinski definition) is 0. The van der Waals surface area contributed by atoms with Crippen LogP contribution in [-0.4, -0.2) is 0 Å². The maximum absolute atomic E-state index is 2.45. The van der Waals surface area contributed by atoms with E-state index in [1.807, 2.05) is 0 Å². The summed E-state index contributed by atoms with van der Waals surface area (Å²) in [5.41, 5.74) is 8.63. The highest BCUT2D eigenvalue weighted by Crippen LogP contribution is 2.57. The molecule has 0 aromatic heterocycles. The van der Waals surface area contributed by atoms with Crippen molar-refractivity contribution in [1.29, 1.82) is 0 Å². The lowest BCUT2D eigenvalue weighted by Gasteiger charge is -2.23. The molecule has 1 radical (unpaired) electrons. The summed E-state index contributed by atoms with van der Waals surface area (Å²) in [4.78, 5) is 0. The van der Waals surface area contributed by atoms with Crippen molar-refractivity contribution < 1.29 is 0 Å². The van der Waals surface area contributed by atoms with Crippen LogP contribution in [0.5, 0.6) is 0 Å². The van der Waals surface area contributed by atoms with Crippen molar-refractivity contribution >= 4 is 33.7 Å². The van der Waals surface area contributed by atoms with Crippen molar-refractivity contribution in [2.45, 2.75) is 12.3 Å². The van der Waals surface area contributed by atoms with Crippen LogP contribution >= 0.6 is 0 Å². The molecule has 4 aromatic carbocycles. The van der Waals surface area contributed by atoms with Crippen molar-refractivity contribution in [3.63, 3.8) is 0 Å². The van der Waals surface area contributed by atoms with E-state index in [9.17, 15) is 0 Å². The Morgan fingerprint density at radius 2 is 1.30 bits per heavy atom. The first-order valence-electron chi connectivity index (χ1n) is 9.72. The van der Waals surface area contributed by atoms with Gasteiger partial charge in [0, 0.05) is 11.8 Å². The molecule has 1 fully saturated rings. The molecular formula is C27H17. The van der Waals surface area contributed by atoms with Gasteiger partial charge in [-0.3, -0.25) is 0 Å². The predicted octanol–water partition coefficient (Wildman–Crippen LogP) is 6.90. The highest BCUT2D eigenvalue weighted by atomic mass is 14.4. The van der Waals surface area contributed by atoms with Gasteiger partial charge in [-0.15, -0.1) is 0 Å². The summed E-state index contributed by atoms with van der Waals surface area (Å²) in [7, 11) is 0. The van der Waals surface area contributed by atoms with Gasteiger partial charge in [-0.2, -0.15) is 0 Å². The highest BCUT2D eigenvalue weighted by molar-refractivity contribution is 6.03. The monoisotopic (exact) mass is 341 g/mol. The third-order valence-electron chi connectivity index (χ3n) is 6.64. The van der Waals surface area contributed by atoms with Crippen LogP contribution in [0.1, 0.15) is 34.6 Å². The first kappa shape index (κ1) is 14.0. The molecule has 3 aliphatic carbocycles. The Balaban J connectivity index is 1.54. The first-order valence-corrected chi connectivity index (χ1v) is 9.72. The summed E-state index contributed by atoms with van der Waals surface area (Å²) in [5, 5.41) is 5.58. The zero-order valence-electron chi connectivity index (χ0n) is 14.9. The molecule has 3 aliphatic rings. The van der Waals surface area contributed by atoms with Gasteiger partial charge in [0.1, 0.15) is 0 Å². The summed E-state index contributed by atoms with van der Waals surface area (Å²) in [6.45, 7) is 0. The largest absolute Gasteiger partial charge is 0.0613 e. The number of allylic oxidation sites excluding steroid dienone is 2. The van der Waals surface area contributed by atoms with Crippen LogP contribution in [-0.2, 0) is 0 Å². The van der Waals surface area contributed by atoms with E-state index in [1.54, 1.807) is 0 Å². The van der Waals surface area contributed by atoms with Gasteiger partial charge in [0.15, 0.2) is 0 Å². The minimum absolute atomic E-state index is 0.481. The maximum atomic E-state index is 2.45. The fourth-order valence-electron chi connectivity index (χ4n) is 5.54. The van der Waals surface area contributed by atoms with Gasteiger partial charge in [-0.1, -0.05) is 78.9 Å². The van der Waals surface area contributed by atoms with Gasteiger partial charge < -0.3 is 0 Å². The Morgan fingerprint density at radius 3 is 2.11 bits per heavy atom. The van der Waals surface area contributed by atoms with E-state index in [4.69, 9.17) is 0 Å². The fourth-order valence-corrected chi connectivity index (χ4v) is 5.54. The first-order chi connectivity index (χ1) is 13.4. The van der Waals surface area contributed by atoms with Gasteiger partial charge in [-0.05, 0) is 67.4 Å². The van der Waals surface area contributed by atoms with Gasteiger partial charge in [0.25, 0.3) is 0 Å². The molecule has 7 rings (SSSR count). The Bertz CT molecular complexity index is 1230. The Hall–Kier alpha value is -3.12. The lowest BCUT2D eigenvalue weighted by molar-refractivity contribution is 0.838. The van der Waals surface area contributed by atoms with Gasteiger partial charge >= 0.3 is 0 Å². The molecular weight excluding hydrogens is 324 g/mol. The van der Waals surface area contributed by atoms with Crippen LogP contribution < -0.4 is 0 Å². The van der Waals surface area contributed by atoms with Crippen molar-refractivity contribution in [3.05, 3.63) is 112 Å². The zero-order valence-corrected chi connectivity index (χ0v) is 14.9. The predicted molar refractivity (Wildman–Crippen MR) is 114 cm³/mol. The third-order valence-corrected chi connectivity index (χ3v) is 6.64. The van der Waals surface area contributed by atoms with Crippen LogP contribution in [0, 0.1) is 5.92 Å². The van der Waals surface area contributed by atoms with Crippen LogP contribution in [0.15, 0.2) is 83.9 Å². The van der Waals surface area contributed by atoms with E-state index in [2.05, 4.69) is 84.9 Å². The van der Waals surface area contributed by atoms with Crippen molar-refractivity contribution in [1.82, 2.24) is 0 Å². The van der Waals surface area contributed by atoms with Crippen molar-refractivity contribution in [3.8, 4) is 0 Å². The Morgan fingerprint density at radius 1 is 0.630 bits per heavy atom. The second kappa shape index (κ2) is 4.78. The van der Waals surface area contributed by atoms with Gasteiger partial charge in [0.2, 0.25) is 0 Å². The Kier molecular flexibility index (Phi) is 2.48. The molecule has 125 valence electrons. The minimum Gasteiger partial charge on any atom is -0.0613 e. The van der Waals surface area contributed by atoms with E-state index in [0.29, 0.717) is 5.92 Å². The lowest BCUT2D eigenvalue weighted by atomic mass is 9.81.